The monoisotopic (exact) mass is 446 g/mol. The zero-order valence-corrected chi connectivity index (χ0v) is 17.4. The fourth-order valence-electron chi connectivity index (χ4n) is 3.20. The van der Waals surface area contributed by atoms with Crippen LogP contribution in [0.2, 0.25) is 0 Å². The predicted octanol–water partition coefficient (Wildman–Crippen LogP) is 3.33. The Balaban J connectivity index is 1.89. The third-order valence-electron chi connectivity index (χ3n) is 4.58. The van der Waals surface area contributed by atoms with Crippen LogP contribution in [-0.4, -0.2) is 37.9 Å². The minimum atomic E-state index is -0.884. The van der Waals surface area contributed by atoms with E-state index in [4.69, 9.17) is 9.47 Å². The number of nitrogens with one attached hydrogen (secondary N) is 1. The number of methoxy groups -OCH3 is 2. The minimum Gasteiger partial charge on any atom is -0.493 e. The molecular weight excluding hydrogens is 428 g/mol. The van der Waals surface area contributed by atoms with Crippen LogP contribution in [0.1, 0.15) is 22.8 Å². The van der Waals surface area contributed by atoms with Gasteiger partial charge in [-0.2, -0.15) is 0 Å². The van der Waals surface area contributed by atoms with Crippen molar-refractivity contribution in [2.75, 3.05) is 24.4 Å². The molecule has 1 aliphatic heterocycles. The highest BCUT2D eigenvalue weighted by Crippen LogP contribution is 2.36. The fraction of sp³-hybridized carbons (Fsp3) is 0.250. The van der Waals surface area contributed by atoms with Crippen LogP contribution in [0.5, 0.6) is 11.5 Å². The number of amides is 2. The Morgan fingerprint density at radius 2 is 1.79 bits per heavy atom. The van der Waals surface area contributed by atoms with Gasteiger partial charge in [-0.05, 0) is 43.7 Å². The Hall–Kier alpha value is -2.87. The van der Waals surface area contributed by atoms with E-state index in [9.17, 15) is 14.4 Å². The summed E-state index contributed by atoms with van der Waals surface area (Å²) < 4.78 is 11.1. The number of halogens is 1. The van der Waals surface area contributed by atoms with Crippen molar-refractivity contribution < 1.29 is 23.9 Å². The van der Waals surface area contributed by atoms with Crippen molar-refractivity contribution in [3.63, 3.8) is 0 Å². The van der Waals surface area contributed by atoms with E-state index in [0.29, 0.717) is 32.9 Å². The van der Waals surface area contributed by atoms with Crippen molar-refractivity contribution in [2.45, 2.75) is 19.9 Å². The number of anilines is 2. The van der Waals surface area contributed by atoms with Gasteiger partial charge in [0.2, 0.25) is 5.91 Å². The van der Waals surface area contributed by atoms with Crippen LogP contribution in [0, 0.1) is 6.92 Å². The van der Waals surface area contributed by atoms with Crippen molar-refractivity contribution in [3.8, 4) is 11.5 Å². The molecule has 0 bridgehead atoms. The quantitative estimate of drug-likeness (QED) is 0.711. The molecule has 0 spiro atoms. The Morgan fingerprint density at radius 1 is 1.11 bits per heavy atom. The first-order chi connectivity index (χ1) is 13.3. The lowest BCUT2D eigenvalue weighted by Crippen LogP contribution is -2.45. The standard InChI is InChI=1S/C20H19BrN2O5/c1-10-7-12(21)8-14-17(10)23(20(26)18(14)24)11(2)19(25)22-13-5-6-15(27-3)16(9-13)28-4/h5-9,11H,1-4H3,(H,22,25). The van der Waals surface area contributed by atoms with Gasteiger partial charge >= 0.3 is 0 Å². The number of nitrogens with zero attached hydrogens (tertiary/aromatic N) is 1. The number of ketones is 1. The predicted molar refractivity (Wildman–Crippen MR) is 108 cm³/mol. The van der Waals surface area contributed by atoms with Gasteiger partial charge in [0.1, 0.15) is 6.04 Å². The largest absolute Gasteiger partial charge is 0.493 e. The highest BCUT2D eigenvalue weighted by Gasteiger charge is 2.41. The van der Waals surface area contributed by atoms with E-state index in [0.717, 1.165) is 5.56 Å². The number of aryl methyl sites for hydroxylation is 1. The number of carbonyl (C=O) groups is 3. The van der Waals surface area contributed by atoms with Crippen LogP contribution in [0.4, 0.5) is 11.4 Å². The van der Waals surface area contributed by atoms with Gasteiger partial charge in [0.25, 0.3) is 11.7 Å². The molecule has 0 radical (unpaired) electrons. The van der Waals surface area contributed by atoms with Crippen molar-refractivity contribution in [1.82, 2.24) is 0 Å². The van der Waals surface area contributed by atoms with Gasteiger partial charge in [0.05, 0.1) is 25.5 Å². The van der Waals surface area contributed by atoms with Gasteiger partial charge in [-0.3, -0.25) is 19.3 Å². The van der Waals surface area contributed by atoms with E-state index in [1.807, 2.05) is 0 Å². The molecule has 8 heteroatoms. The van der Waals surface area contributed by atoms with E-state index >= 15 is 0 Å². The molecule has 0 saturated heterocycles. The third kappa shape index (κ3) is 3.35. The summed E-state index contributed by atoms with van der Waals surface area (Å²) in [7, 11) is 3.02. The van der Waals surface area contributed by atoms with Gasteiger partial charge in [-0.1, -0.05) is 15.9 Å². The molecule has 1 unspecified atom stereocenters. The first-order valence-electron chi connectivity index (χ1n) is 8.49. The third-order valence-corrected chi connectivity index (χ3v) is 5.04. The van der Waals surface area contributed by atoms with Crippen LogP contribution in [0.25, 0.3) is 0 Å². The number of rotatable bonds is 5. The smallest absolute Gasteiger partial charge is 0.300 e. The number of hydrogen-bond acceptors (Lipinski definition) is 5. The van der Waals surface area contributed by atoms with Crippen molar-refractivity contribution >= 4 is 44.9 Å². The lowest BCUT2D eigenvalue weighted by atomic mass is 10.1. The molecule has 0 aliphatic carbocycles. The van der Waals surface area contributed by atoms with Gasteiger partial charge in [0.15, 0.2) is 11.5 Å². The topological polar surface area (TPSA) is 84.9 Å². The van der Waals surface area contributed by atoms with E-state index in [1.54, 1.807) is 44.2 Å². The fourth-order valence-corrected chi connectivity index (χ4v) is 3.77. The number of carbonyl (C=O) groups excluding carboxylic acids is 3. The molecule has 0 saturated carbocycles. The highest BCUT2D eigenvalue weighted by molar-refractivity contribution is 9.10. The number of Topliss-reactive ketones (excluding diaryl/α,β-unsaturated/α-hetero) is 1. The summed E-state index contributed by atoms with van der Waals surface area (Å²) >= 11 is 3.34. The Labute approximate surface area is 170 Å². The van der Waals surface area contributed by atoms with E-state index in [2.05, 4.69) is 21.2 Å². The number of hydrogen-bond donors (Lipinski definition) is 1. The molecule has 146 valence electrons. The highest BCUT2D eigenvalue weighted by atomic mass is 79.9. The van der Waals surface area contributed by atoms with Crippen LogP contribution in [-0.2, 0) is 9.59 Å². The van der Waals surface area contributed by atoms with Crippen molar-refractivity contribution in [2.24, 2.45) is 0 Å². The SMILES string of the molecule is COc1ccc(NC(=O)C(C)N2C(=O)C(=O)c3cc(Br)cc(C)c32)cc1OC. The van der Waals surface area contributed by atoms with Gasteiger partial charge in [-0.15, -0.1) is 0 Å². The second-order valence-corrected chi connectivity index (χ2v) is 7.27. The molecule has 2 amide bonds. The average Bonchev–Trinajstić information content (AvgIpc) is 2.92. The summed E-state index contributed by atoms with van der Waals surface area (Å²) in [5, 5.41) is 2.75. The second-order valence-electron chi connectivity index (χ2n) is 6.36. The summed E-state index contributed by atoms with van der Waals surface area (Å²) in [5.41, 5.74) is 1.98. The first kappa shape index (κ1) is 19.9. The molecular formula is C20H19BrN2O5. The van der Waals surface area contributed by atoms with E-state index in [1.165, 1.54) is 19.1 Å². The Morgan fingerprint density at radius 3 is 2.43 bits per heavy atom. The summed E-state index contributed by atoms with van der Waals surface area (Å²) in [4.78, 5) is 39.0. The zero-order chi connectivity index (χ0) is 20.6. The lowest BCUT2D eigenvalue weighted by Gasteiger charge is -2.25. The van der Waals surface area contributed by atoms with Crippen LogP contribution < -0.4 is 19.7 Å². The Kier molecular flexibility index (Phi) is 5.42. The molecule has 7 nitrogen and oxygen atoms in total. The van der Waals surface area contributed by atoms with E-state index < -0.39 is 23.6 Å². The first-order valence-corrected chi connectivity index (χ1v) is 9.28. The molecule has 1 aliphatic rings. The van der Waals surface area contributed by atoms with Crippen LogP contribution in [0.3, 0.4) is 0 Å². The molecule has 0 aromatic heterocycles. The van der Waals surface area contributed by atoms with Crippen molar-refractivity contribution in [1.29, 1.82) is 0 Å². The summed E-state index contributed by atoms with van der Waals surface area (Å²) in [6.07, 6.45) is 0. The summed E-state index contributed by atoms with van der Waals surface area (Å²) in [6.45, 7) is 3.37. The molecule has 2 aromatic rings. The molecule has 28 heavy (non-hydrogen) atoms. The number of ether oxygens (including phenoxy) is 2. The molecule has 1 heterocycles. The van der Waals surface area contributed by atoms with Gasteiger partial charge < -0.3 is 14.8 Å². The molecule has 1 N–H and O–H groups in total. The summed E-state index contributed by atoms with van der Waals surface area (Å²) in [5.74, 6) is -0.768. The van der Waals surface area contributed by atoms with E-state index in [-0.39, 0.29) is 0 Å². The zero-order valence-electron chi connectivity index (χ0n) is 15.8. The maximum atomic E-state index is 12.8. The van der Waals surface area contributed by atoms with Crippen LogP contribution in [0.15, 0.2) is 34.8 Å². The lowest BCUT2D eigenvalue weighted by molar-refractivity contribution is -0.120. The van der Waals surface area contributed by atoms with Crippen LogP contribution >= 0.6 is 15.9 Å². The van der Waals surface area contributed by atoms with Crippen molar-refractivity contribution in [3.05, 3.63) is 45.9 Å². The number of fused-ring (bicyclic) bond motifs is 1. The Bertz CT molecular complexity index is 989. The number of benzene rings is 2. The second kappa shape index (κ2) is 7.63. The average molecular weight is 447 g/mol. The minimum absolute atomic E-state index is 0.294. The van der Waals surface area contributed by atoms with Gasteiger partial charge in [0, 0.05) is 16.2 Å². The van der Waals surface area contributed by atoms with Gasteiger partial charge in [-0.25, -0.2) is 0 Å². The maximum absolute atomic E-state index is 12.8. The molecule has 3 rings (SSSR count). The molecule has 1 atom stereocenters. The normalized spacial score (nSPS) is 14.0. The molecule has 2 aromatic carbocycles. The summed E-state index contributed by atoms with van der Waals surface area (Å²) in [6, 6.07) is 7.47. The molecule has 0 fully saturated rings. The maximum Gasteiger partial charge on any atom is 0.300 e.